The summed E-state index contributed by atoms with van der Waals surface area (Å²) in [5.74, 6) is -3.22. The number of hydrogen-bond donors (Lipinski definition) is 2. The SMILES string of the molecule is O=C(O)c1cc(C(=O)O)cc(C(=O)COc2ccc3c(Cl)c(Cl)c(=O)oc3c2)c1. The number of carbonyl (C=O) groups excluding carboxylic acids is 1. The van der Waals surface area contributed by atoms with E-state index in [1.807, 2.05) is 0 Å². The van der Waals surface area contributed by atoms with Crippen LogP contribution in [-0.2, 0) is 0 Å². The Labute approximate surface area is 171 Å². The number of ketones is 1. The maximum Gasteiger partial charge on any atom is 0.356 e. The zero-order chi connectivity index (χ0) is 21.3. The third kappa shape index (κ3) is 4.23. The highest BCUT2D eigenvalue weighted by Crippen LogP contribution is 2.30. The fourth-order valence-electron chi connectivity index (χ4n) is 2.48. The zero-order valence-electron chi connectivity index (χ0n) is 14.3. The second kappa shape index (κ2) is 7.94. The molecule has 0 radical (unpaired) electrons. The number of carboxylic acid groups (broad SMARTS) is 2. The van der Waals surface area contributed by atoms with Crippen LogP contribution in [0.3, 0.4) is 0 Å². The first kappa shape index (κ1) is 20.4. The molecule has 0 aliphatic rings. The van der Waals surface area contributed by atoms with Crippen molar-refractivity contribution in [2.24, 2.45) is 0 Å². The molecule has 2 N–H and O–H groups in total. The molecule has 0 fully saturated rings. The lowest BCUT2D eigenvalue weighted by atomic mass is 10.0. The van der Waals surface area contributed by atoms with Crippen molar-refractivity contribution in [1.29, 1.82) is 0 Å². The highest BCUT2D eigenvalue weighted by molar-refractivity contribution is 6.44. The molecule has 0 bridgehead atoms. The van der Waals surface area contributed by atoms with Gasteiger partial charge in [-0.1, -0.05) is 23.2 Å². The van der Waals surface area contributed by atoms with Crippen LogP contribution in [0.4, 0.5) is 0 Å². The van der Waals surface area contributed by atoms with Gasteiger partial charge in [-0.3, -0.25) is 4.79 Å². The van der Waals surface area contributed by atoms with E-state index < -0.39 is 30.0 Å². The number of hydrogen-bond acceptors (Lipinski definition) is 6. The van der Waals surface area contributed by atoms with Gasteiger partial charge in [-0.2, -0.15) is 0 Å². The number of fused-ring (bicyclic) bond motifs is 1. The van der Waals surface area contributed by atoms with E-state index in [0.29, 0.717) is 5.39 Å². The summed E-state index contributed by atoms with van der Waals surface area (Å²) >= 11 is 11.7. The molecule has 0 saturated carbocycles. The Morgan fingerprint density at radius 2 is 1.48 bits per heavy atom. The van der Waals surface area contributed by atoms with Crippen LogP contribution in [0.15, 0.2) is 45.6 Å². The van der Waals surface area contributed by atoms with E-state index >= 15 is 0 Å². The van der Waals surface area contributed by atoms with E-state index in [4.69, 9.17) is 42.6 Å². The minimum Gasteiger partial charge on any atom is -0.485 e. The van der Waals surface area contributed by atoms with Gasteiger partial charge in [0.2, 0.25) is 0 Å². The molecule has 10 heteroatoms. The molecule has 1 heterocycles. The van der Waals surface area contributed by atoms with Crippen molar-refractivity contribution in [3.8, 4) is 5.75 Å². The van der Waals surface area contributed by atoms with Gasteiger partial charge in [-0.15, -0.1) is 0 Å². The molecule has 0 saturated heterocycles. The third-order valence-corrected chi connectivity index (χ3v) is 4.72. The van der Waals surface area contributed by atoms with Gasteiger partial charge in [-0.05, 0) is 30.3 Å². The summed E-state index contributed by atoms with van der Waals surface area (Å²) in [5, 5.41) is 18.3. The Morgan fingerprint density at radius 1 is 0.897 bits per heavy atom. The van der Waals surface area contributed by atoms with Gasteiger partial charge in [0, 0.05) is 17.0 Å². The minimum absolute atomic E-state index is 0.0206. The van der Waals surface area contributed by atoms with E-state index in [1.54, 1.807) is 0 Å². The smallest absolute Gasteiger partial charge is 0.356 e. The number of carboxylic acids is 2. The van der Waals surface area contributed by atoms with Crippen molar-refractivity contribution >= 4 is 51.9 Å². The van der Waals surface area contributed by atoms with Crippen LogP contribution in [0.25, 0.3) is 11.0 Å². The molecule has 0 spiro atoms. The van der Waals surface area contributed by atoms with Gasteiger partial charge in [0.15, 0.2) is 12.4 Å². The summed E-state index contributed by atoms with van der Waals surface area (Å²) in [5.41, 5.74) is -1.55. The van der Waals surface area contributed by atoms with E-state index in [0.717, 1.165) is 18.2 Å². The fourth-order valence-corrected chi connectivity index (χ4v) is 2.85. The van der Waals surface area contributed by atoms with E-state index in [2.05, 4.69) is 0 Å². The number of halogens is 2. The summed E-state index contributed by atoms with van der Waals surface area (Å²) in [6.07, 6.45) is 0. The number of rotatable bonds is 6. The Balaban J connectivity index is 1.85. The minimum atomic E-state index is -1.37. The van der Waals surface area contributed by atoms with Crippen molar-refractivity contribution < 1.29 is 33.8 Å². The number of benzene rings is 2. The van der Waals surface area contributed by atoms with Gasteiger partial charge >= 0.3 is 17.6 Å². The lowest BCUT2D eigenvalue weighted by Crippen LogP contribution is -2.14. The van der Waals surface area contributed by atoms with Crippen LogP contribution < -0.4 is 10.4 Å². The molecule has 0 aliphatic heterocycles. The first-order valence-corrected chi connectivity index (χ1v) is 8.62. The van der Waals surface area contributed by atoms with Gasteiger partial charge < -0.3 is 19.4 Å². The molecule has 0 amide bonds. The van der Waals surface area contributed by atoms with E-state index in [1.165, 1.54) is 18.2 Å². The lowest BCUT2D eigenvalue weighted by molar-refractivity contribution is 0.0696. The fraction of sp³-hybridized carbons (Fsp3) is 0.0526. The number of carbonyl (C=O) groups is 3. The molecule has 3 rings (SSSR count). The van der Waals surface area contributed by atoms with Crippen molar-refractivity contribution in [2.45, 2.75) is 0 Å². The number of aromatic carboxylic acids is 2. The highest BCUT2D eigenvalue weighted by atomic mass is 35.5. The van der Waals surface area contributed by atoms with Crippen molar-refractivity contribution in [2.75, 3.05) is 6.61 Å². The number of ether oxygens (including phenoxy) is 1. The van der Waals surface area contributed by atoms with Gasteiger partial charge in [0.25, 0.3) is 0 Å². The van der Waals surface area contributed by atoms with Crippen molar-refractivity contribution in [1.82, 2.24) is 0 Å². The van der Waals surface area contributed by atoms with E-state index in [9.17, 15) is 19.2 Å². The Hall–Kier alpha value is -3.36. The van der Waals surface area contributed by atoms with Crippen LogP contribution >= 0.6 is 23.2 Å². The van der Waals surface area contributed by atoms with Gasteiger partial charge in [0.05, 0.1) is 16.1 Å². The summed E-state index contributed by atoms with van der Waals surface area (Å²) < 4.78 is 10.4. The predicted octanol–water partition coefficient (Wildman–Crippen LogP) is 3.76. The standard InChI is InChI=1S/C19H10Cl2O8/c20-15-12-2-1-11(6-14(12)29-19(27)16(15)21)28-7-13(22)8-3-9(17(23)24)5-10(4-8)18(25)26/h1-6H,7H2,(H,23,24)(H,25,26). The van der Waals surface area contributed by atoms with E-state index in [-0.39, 0.29) is 38.1 Å². The highest BCUT2D eigenvalue weighted by Gasteiger charge is 2.17. The van der Waals surface area contributed by atoms with Gasteiger partial charge in [-0.25, -0.2) is 14.4 Å². The van der Waals surface area contributed by atoms with Crippen LogP contribution in [0, 0.1) is 0 Å². The molecule has 8 nitrogen and oxygen atoms in total. The maximum atomic E-state index is 12.4. The quantitative estimate of drug-likeness (QED) is 0.440. The Bertz CT molecular complexity index is 1200. The summed E-state index contributed by atoms with van der Waals surface area (Å²) in [6.45, 7) is -0.515. The summed E-state index contributed by atoms with van der Waals surface area (Å²) in [6, 6.07) is 7.35. The average molecular weight is 437 g/mol. The van der Waals surface area contributed by atoms with Gasteiger partial charge in [0.1, 0.15) is 16.4 Å². The third-order valence-electron chi connectivity index (χ3n) is 3.88. The molecule has 0 aliphatic carbocycles. The van der Waals surface area contributed by atoms with Crippen LogP contribution in [-0.4, -0.2) is 34.5 Å². The normalized spacial score (nSPS) is 10.7. The largest absolute Gasteiger partial charge is 0.485 e. The molecule has 3 aromatic rings. The molecule has 148 valence electrons. The topological polar surface area (TPSA) is 131 Å². The zero-order valence-corrected chi connectivity index (χ0v) is 15.8. The first-order valence-electron chi connectivity index (χ1n) is 7.87. The Morgan fingerprint density at radius 3 is 2.07 bits per heavy atom. The van der Waals surface area contributed by atoms with Crippen LogP contribution in [0.5, 0.6) is 5.75 Å². The summed E-state index contributed by atoms with van der Waals surface area (Å²) in [4.78, 5) is 46.3. The lowest BCUT2D eigenvalue weighted by Gasteiger charge is -2.08. The van der Waals surface area contributed by atoms with Crippen molar-refractivity contribution in [3.63, 3.8) is 0 Å². The Kier molecular flexibility index (Phi) is 5.58. The molecule has 29 heavy (non-hydrogen) atoms. The molecular formula is C19H10Cl2O8. The van der Waals surface area contributed by atoms with Crippen LogP contribution in [0.2, 0.25) is 10.0 Å². The maximum absolute atomic E-state index is 12.4. The average Bonchev–Trinajstić information content (AvgIpc) is 2.69. The second-order valence-corrected chi connectivity index (χ2v) is 6.55. The number of Topliss-reactive ketones (excluding diaryl/α,β-unsaturated/α-hetero) is 1. The monoisotopic (exact) mass is 436 g/mol. The summed E-state index contributed by atoms with van der Waals surface area (Å²) in [7, 11) is 0. The molecule has 1 aromatic heterocycles. The molecular weight excluding hydrogens is 427 g/mol. The van der Waals surface area contributed by atoms with Crippen LogP contribution in [0.1, 0.15) is 31.1 Å². The molecule has 2 aromatic carbocycles. The predicted molar refractivity (Wildman–Crippen MR) is 103 cm³/mol. The first-order chi connectivity index (χ1) is 13.7. The van der Waals surface area contributed by atoms with Crippen molar-refractivity contribution in [3.05, 3.63) is 73.6 Å². The molecule has 0 unspecified atom stereocenters. The second-order valence-electron chi connectivity index (χ2n) is 5.80. The molecule has 0 atom stereocenters.